The monoisotopic (exact) mass is 481 g/mol. The third-order valence-corrected chi connectivity index (χ3v) is 6.29. The number of halogens is 2. The number of rotatable bonds is 8. The first-order valence-corrected chi connectivity index (χ1v) is 11.7. The maximum Gasteiger partial charge on any atom is 0.254 e. The number of thioether (sulfide) groups is 1. The Hall–Kier alpha value is -3.29. The maximum absolute atomic E-state index is 13.8. The van der Waals surface area contributed by atoms with Gasteiger partial charge in [0.25, 0.3) is 5.91 Å². The highest BCUT2D eigenvalue weighted by Crippen LogP contribution is 2.30. The number of benzene rings is 3. The Labute approximate surface area is 199 Å². The standard InChI is InChI=1S/C25H21ClFN3O2S/c26-17-9-11-18(12-10-17)29-24(31)16-33-23-15-30(22-8-4-2-6-20(22)23)14-13-28-25(32)19-5-1-3-7-21(19)27/h1-12,15H,13-14,16H2,(H,28,32)(H,29,31). The van der Waals surface area contributed by atoms with Crippen molar-refractivity contribution in [3.63, 3.8) is 0 Å². The van der Waals surface area contributed by atoms with Gasteiger partial charge in [0, 0.05) is 45.8 Å². The van der Waals surface area contributed by atoms with Gasteiger partial charge in [-0.25, -0.2) is 4.39 Å². The fraction of sp³-hybridized carbons (Fsp3) is 0.120. The van der Waals surface area contributed by atoms with Crippen LogP contribution in [0, 0.1) is 5.82 Å². The normalized spacial score (nSPS) is 10.8. The molecule has 8 heteroatoms. The molecule has 0 atom stereocenters. The average Bonchev–Trinajstić information content (AvgIpc) is 3.17. The maximum atomic E-state index is 13.8. The molecule has 0 fully saturated rings. The molecule has 33 heavy (non-hydrogen) atoms. The molecule has 0 aliphatic rings. The molecule has 4 rings (SSSR count). The molecule has 0 saturated heterocycles. The first kappa shape index (κ1) is 22.9. The quantitative estimate of drug-likeness (QED) is 0.322. The summed E-state index contributed by atoms with van der Waals surface area (Å²) in [6.45, 7) is 0.852. The van der Waals surface area contributed by atoms with Gasteiger partial charge in [0.2, 0.25) is 5.91 Å². The number of anilines is 1. The molecule has 4 aromatic rings. The molecule has 0 spiro atoms. The number of hydrogen-bond donors (Lipinski definition) is 2. The zero-order valence-electron chi connectivity index (χ0n) is 17.6. The Balaban J connectivity index is 1.39. The summed E-state index contributed by atoms with van der Waals surface area (Å²) in [5, 5.41) is 7.26. The van der Waals surface area contributed by atoms with Crippen molar-refractivity contribution in [1.82, 2.24) is 9.88 Å². The van der Waals surface area contributed by atoms with Gasteiger partial charge < -0.3 is 15.2 Å². The van der Waals surface area contributed by atoms with Gasteiger partial charge in [-0.1, -0.05) is 41.9 Å². The van der Waals surface area contributed by atoms with E-state index in [1.807, 2.05) is 35.0 Å². The van der Waals surface area contributed by atoms with E-state index in [-0.39, 0.29) is 17.2 Å². The summed E-state index contributed by atoms with van der Waals surface area (Å²) in [6, 6.07) is 20.8. The molecule has 2 amide bonds. The first-order chi connectivity index (χ1) is 16.0. The summed E-state index contributed by atoms with van der Waals surface area (Å²) >= 11 is 7.32. The van der Waals surface area contributed by atoms with Gasteiger partial charge in [-0.2, -0.15) is 0 Å². The fourth-order valence-electron chi connectivity index (χ4n) is 3.42. The van der Waals surface area contributed by atoms with Crippen LogP contribution in [0.1, 0.15) is 10.4 Å². The Bertz CT molecular complexity index is 1290. The topological polar surface area (TPSA) is 63.1 Å². The molecule has 0 aliphatic heterocycles. The number of nitrogens with one attached hydrogen (secondary N) is 2. The van der Waals surface area contributed by atoms with Gasteiger partial charge in [0.15, 0.2) is 0 Å². The SMILES string of the molecule is O=C(CSc1cn(CCNC(=O)c2ccccc2F)c2ccccc12)Nc1ccc(Cl)cc1. The molecule has 168 valence electrons. The Morgan fingerprint density at radius 3 is 2.48 bits per heavy atom. The van der Waals surface area contributed by atoms with E-state index < -0.39 is 11.7 Å². The van der Waals surface area contributed by atoms with Crippen molar-refractivity contribution in [3.05, 3.63) is 95.4 Å². The minimum atomic E-state index is -0.544. The second kappa shape index (κ2) is 10.6. The molecule has 0 unspecified atom stereocenters. The van der Waals surface area contributed by atoms with Gasteiger partial charge in [-0.15, -0.1) is 11.8 Å². The molecule has 0 aliphatic carbocycles. The summed E-state index contributed by atoms with van der Waals surface area (Å²) in [7, 11) is 0. The summed E-state index contributed by atoms with van der Waals surface area (Å²) in [6.07, 6.45) is 1.97. The number of aromatic nitrogens is 1. The predicted molar refractivity (Wildman–Crippen MR) is 131 cm³/mol. The van der Waals surface area contributed by atoms with E-state index in [4.69, 9.17) is 11.6 Å². The molecule has 3 aromatic carbocycles. The van der Waals surface area contributed by atoms with Crippen molar-refractivity contribution in [2.24, 2.45) is 0 Å². The highest BCUT2D eigenvalue weighted by atomic mass is 35.5. The minimum Gasteiger partial charge on any atom is -0.350 e. The molecule has 0 bridgehead atoms. The van der Waals surface area contributed by atoms with Crippen molar-refractivity contribution in [3.8, 4) is 0 Å². The lowest BCUT2D eigenvalue weighted by atomic mass is 10.2. The van der Waals surface area contributed by atoms with Crippen LogP contribution in [0.25, 0.3) is 10.9 Å². The largest absolute Gasteiger partial charge is 0.350 e. The number of carbonyl (C=O) groups is 2. The van der Waals surface area contributed by atoms with Crippen LogP contribution >= 0.6 is 23.4 Å². The van der Waals surface area contributed by atoms with E-state index in [0.29, 0.717) is 23.8 Å². The lowest BCUT2D eigenvalue weighted by molar-refractivity contribution is -0.113. The number of para-hydroxylation sites is 1. The molecule has 1 aromatic heterocycles. The van der Waals surface area contributed by atoms with Crippen molar-refractivity contribution >= 4 is 51.8 Å². The zero-order valence-corrected chi connectivity index (χ0v) is 19.1. The third kappa shape index (κ3) is 5.74. The molecule has 1 heterocycles. The Morgan fingerprint density at radius 1 is 0.970 bits per heavy atom. The van der Waals surface area contributed by atoms with Crippen molar-refractivity contribution in [2.75, 3.05) is 17.6 Å². The third-order valence-electron chi connectivity index (χ3n) is 5.00. The second-order valence-electron chi connectivity index (χ2n) is 7.28. The van der Waals surface area contributed by atoms with Crippen molar-refractivity contribution in [2.45, 2.75) is 11.4 Å². The number of hydrogen-bond acceptors (Lipinski definition) is 3. The van der Waals surface area contributed by atoms with Crippen LogP contribution in [-0.4, -0.2) is 28.7 Å². The summed E-state index contributed by atoms with van der Waals surface area (Å²) in [5.41, 5.74) is 1.72. The van der Waals surface area contributed by atoms with Crippen LogP contribution in [0.2, 0.25) is 5.02 Å². The van der Waals surface area contributed by atoms with Gasteiger partial charge in [-0.05, 0) is 42.5 Å². The molecular formula is C25H21ClFN3O2S. The van der Waals surface area contributed by atoms with E-state index >= 15 is 0 Å². The lowest BCUT2D eigenvalue weighted by Gasteiger charge is -2.08. The van der Waals surface area contributed by atoms with E-state index in [1.54, 1.807) is 36.4 Å². The van der Waals surface area contributed by atoms with E-state index in [1.165, 1.54) is 23.9 Å². The van der Waals surface area contributed by atoms with Crippen LogP contribution in [0.4, 0.5) is 10.1 Å². The van der Waals surface area contributed by atoms with Gasteiger partial charge >= 0.3 is 0 Å². The Morgan fingerprint density at radius 2 is 1.70 bits per heavy atom. The molecular weight excluding hydrogens is 461 g/mol. The number of amides is 2. The number of fused-ring (bicyclic) bond motifs is 1. The molecule has 2 N–H and O–H groups in total. The zero-order chi connectivity index (χ0) is 23.2. The van der Waals surface area contributed by atoms with Crippen LogP contribution in [-0.2, 0) is 11.3 Å². The second-order valence-corrected chi connectivity index (χ2v) is 8.74. The highest BCUT2D eigenvalue weighted by Gasteiger charge is 2.13. The van der Waals surface area contributed by atoms with Crippen LogP contribution in [0.5, 0.6) is 0 Å². The van der Waals surface area contributed by atoms with E-state index in [9.17, 15) is 14.0 Å². The fourth-order valence-corrected chi connectivity index (χ4v) is 4.43. The minimum absolute atomic E-state index is 0.0257. The molecule has 0 radical (unpaired) electrons. The summed E-state index contributed by atoms with van der Waals surface area (Å²) in [5.74, 6) is -0.855. The summed E-state index contributed by atoms with van der Waals surface area (Å²) in [4.78, 5) is 25.6. The Kier molecular flexibility index (Phi) is 7.32. The number of carbonyl (C=O) groups excluding carboxylic acids is 2. The highest BCUT2D eigenvalue weighted by molar-refractivity contribution is 8.00. The lowest BCUT2D eigenvalue weighted by Crippen LogP contribution is -2.27. The first-order valence-electron chi connectivity index (χ1n) is 10.3. The van der Waals surface area contributed by atoms with Gasteiger partial charge in [0.1, 0.15) is 5.82 Å². The van der Waals surface area contributed by atoms with Gasteiger partial charge in [-0.3, -0.25) is 9.59 Å². The number of nitrogens with zero attached hydrogens (tertiary/aromatic N) is 1. The van der Waals surface area contributed by atoms with Crippen molar-refractivity contribution < 1.29 is 14.0 Å². The van der Waals surface area contributed by atoms with E-state index in [2.05, 4.69) is 10.6 Å². The summed E-state index contributed by atoms with van der Waals surface area (Å²) < 4.78 is 15.8. The van der Waals surface area contributed by atoms with Crippen LogP contribution in [0.15, 0.2) is 83.9 Å². The van der Waals surface area contributed by atoms with Crippen LogP contribution < -0.4 is 10.6 Å². The smallest absolute Gasteiger partial charge is 0.254 e. The van der Waals surface area contributed by atoms with Crippen molar-refractivity contribution in [1.29, 1.82) is 0 Å². The molecule has 5 nitrogen and oxygen atoms in total. The van der Waals surface area contributed by atoms with E-state index in [0.717, 1.165) is 15.8 Å². The van der Waals surface area contributed by atoms with Crippen LogP contribution in [0.3, 0.4) is 0 Å². The average molecular weight is 482 g/mol. The molecule has 0 saturated carbocycles. The predicted octanol–water partition coefficient (Wildman–Crippen LogP) is 5.59. The van der Waals surface area contributed by atoms with Gasteiger partial charge in [0.05, 0.1) is 11.3 Å².